The monoisotopic (exact) mass is 283 g/mol. The predicted molar refractivity (Wildman–Crippen MR) is 82.5 cm³/mol. The van der Waals surface area contributed by atoms with Crippen molar-refractivity contribution in [3.63, 3.8) is 0 Å². The highest BCUT2D eigenvalue weighted by atomic mass is 32.1. The van der Waals surface area contributed by atoms with Crippen LogP contribution in [0.5, 0.6) is 5.75 Å². The van der Waals surface area contributed by atoms with Crippen LogP contribution in [0.4, 0.5) is 0 Å². The molecule has 1 heterocycles. The van der Waals surface area contributed by atoms with Crippen molar-refractivity contribution in [3.8, 4) is 16.3 Å². The zero-order chi connectivity index (χ0) is 13.9. The molecule has 3 aromatic rings. The highest BCUT2D eigenvalue weighted by molar-refractivity contribution is 7.21. The molecule has 0 saturated carbocycles. The molecular formula is C16H13NO2S. The topological polar surface area (TPSA) is 39.2 Å². The van der Waals surface area contributed by atoms with Gasteiger partial charge in [0.25, 0.3) is 5.56 Å². The van der Waals surface area contributed by atoms with Crippen LogP contribution in [0.3, 0.4) is 0 Å². The third-order valence-corrected chi connectivity index (χ3v) is 4.02. The molecule has 100 valence electrons. The molecule has 0 saturated heterocycles. The summed E-state index contributed by atoms with van der Waals surface area (Å²) >= 11 is 1.51. The summed E-state index contributed by atoms with van der Waals surface area (Å²) < 4.78 is 6.43. The van der Waals surface area contributed by atoms with Crippen LogP contribution in [0.1, 0.15) is 6.92 Å². The lowest BCUT2D eigenvalue weighted by Gasteiger charge is -2.05. The molecule has 4 heteroatoms. The fourth-order valence-electron chi connectivity index (χ4n) is 2.02. The van der Waals surface area contributed by atoms with Crippen molar-refractivity contribution in [2.45, 2.75) is 6.92 Å². The van der Waals surface area contributed by atoms with Gasteiger partial charge in [0.15, 0.2) is 0 Å². The van der Waals surface area contributed by atoms with Gasteiger partial charge in [0.1, 0.15) is 10.8 Å². The van der Waals surface area contributed by atoms with E-state index in [4.69, 9.17) is 4.74 Å². The van der Waals surface area contributed by atoms with Gasteiger partial charge in [0.2, 0.25) is 0 Å². The second-order valence-corrected chi connectivity index (χ2v) is 5.31. The van der Waals surface area contributed by atoms with E-state index in [0.29, 0.717) is 12.0 Å². The molecule has 2 aromatic carbocycles. The van der Waals surface area contributed by atoms with Gasteiger partial charge in [0.05, 0.1) is 12.0 Å². The van der Waals surface area contributed by atoms with E-state index in [0.717, 1.165) is 21.0 Å². The Kier molecular flexibility index (Phi) is 3.48. The summed E-state index contributed by atoms with van der Waals surface area (Å²) in [5.41, 5.74) is 0.722. The van der Waals surface area contributed by atoms with E-state index in [2.05, 4.69) is 4.98 Å². The second kappa shape index (κ2) is 5.43. The number of nitrogens with zero attached hydrogens (tertiary/aromatic N) is 1. The van der Waals surface area contributed by atoms with Crippen LogP contribution in [-0.2, 0) is 0 Å². The quantitative estimate of drug-likeness (QED) is 0.735. The van der Waals surface area contributed by atoms with Gasteiger partial charge < -0.3 is 4.74 Å². The third kappa shape index (κ3) is 2.42. The van der Waals surface area contributed by atoms with Crippen molar-refractivity contribution < 1.29 is 4.74 Å². The molecule has 0 bridgehead atoms. The molecule has 3 nitrogen and oxygen atoms in total. The molecule has 3 rings (SSSR count). The minimum atomic E-state index is -0.184. The fraction of sp³-hybridized carbons (Fsp3) is 0.125. The Bertz CT molecular complexity index is 811. The summed E-state index contributed by atoms with van der Waals surface area (Å²) in [5.74, 6) is 0.791. The summed E-state index contributed by atoms with van der Waals surface area (Å²) in [6.45, 7) is 2.56. The first kappa shape index (κ1) is 12.8. The normalized spacial score (nSPS) is 10.7. The molecule has 0 aliphatic heterocycles. The zero-order valence-corrected chi connectivity index (χ0v) is 11.8. The number of ether oxygens (including phenoxy) is 1. The Morgan fingerprint density at radius 3 is 2.85 bits per heavy atom. The maximum atomic E-state index is 12.0. The average molecular weight is 283 g/mol. The Hall–Kier alpha value is -2.20. The average Bonchev–Trinajstić information content (AvgIpc) is 2.48. The molecule has 0 aliphatic rings. The number of rotatable bonds is 3. The largest absolute Gasteiger partial charge is 0.494 e. The highest BCUT2D eigenvalue weighted by Gasteiger charge is 2.07. The maximum absolute atomic E-state index is 12.0. The first-order chi connectivity index (χ1) is 9.78. The Balaban J connectivity index is 2.14. The minimum absolute atomic E-state index is 0.184. The summed E-state index contributed by atoms with van der Waals surface area (Å²) in [6, 6.07) is 15.2. The van der Waals surface area contributed by atoms with Gasteiger partial charge in [-0.1, -0.05) is 24.3 Å². The van der Waals surface area contributed by atoms with Crippen molar-refractivity contribution in [3.05, 3.63) is 58.9 Å². The van der Waals surface area contributed by atoms with Gasteiger partial charge in [0, 0.05) is 10.3 Å². The Labute approximate surface area is 120 Å². The van der Waals surface area contributed by atoms with Crippen molar-refractivity contribution in [1.82, 2.24) is 4.98 Å². The molecule has 0 aliphatic carbocycles. The van der Waals surface area contributed by atoms with Crippen LogP contribution in [0.2, 0.25) is 0 Å². The minimum Gasteiger partial charge on any atom is -0.494 e. The van der Waals surface area contributed by atoms with Crippen LogP contribution in [0, 0.1) is 0 Å². The molecule has 1 aromatic heterocycles. The fourth-order valence-corrected chi connectivity index (χ4v) is 3.01. The van der Waals surface area contributed by atoms with Gasteiger partial charge in [-0.2, -0.15) is 4.98 Å². The lowest BCUT2D eigenvalue weighted by Crippen LogP contribution is -2.05. The Morgan fingerprint density at radius 1 is 1.15 bits per heavy atom. The van der Waals surface area contributed by atoms with Crippen LogP contribution in [-0.4, -0.2) is 11.6 Å². The van der Waals surface area contributed by atoms with E-state index in [-0.39, 0.29) is 5.56 Å². The summed E-state index contributed by atoms with van der Waals surface area (Å²) in [6.07, 6.45) is 0. The van der Waals surface area contributed by atoms with E-state index >= 15 is 0 Å². The molecule has 0 radical (unpaired) electrons. The maximum Gasteiger partial charge on any atom is 0.279 e. The van der Waals surface area contributed by atoms with E-state index < -0.39 is 0 Å². The summed E-state index contributed by atoms with van der Waals surface area (Å²) in [4.78, 5) is 16.2. The molecule has 0 N–H and O–H groups in total. The Morgan fingerprint density at radius 2 is 2.00 bits per heavy atom. The molecular weight excluding hydrogens is 270 g/mol. The van der Waals surface area contributed by atoms with Crippen molar-refractivity contribution in [2.24, 2.45) is 0 Å². The van der Waals surface area contributed by atoms with Gasteiger partial charge >= 0.3 is 0 Å². The molecule has 0 amide bonds. The summed E-state index contributed by atoms with van der Waals surface area (Å²) in [7, 11) is 0. The number of hydrogen-bond acceptors (Lipinski definition) is 4. The molecule has 0 unspecified atom stereocenters. The van der Waals surface area contributed by atoms with Crippen molar-refractivity contribution in [2.75, 3.05) is 6.61 Å². The molecule has 20 heavy (non-hydrogen) atoms. The van der Waals surface area contributed by atoms with E-state index in [1.165, 1.54) is 11.3 Å². The van der Waals surface area contributed by atoms with Crippen LogP contribution < -0.4 is 10.3 Å². The molecule has 0 atom stereocenters. The first-order valence-electron chi connectivity index (χ1n) is 6.41. The standard InChI is InChI=1S/C16H13NO2S/c1-2-19-12-7-5-6-11(10-12)16-17-15(18)13-8-3-4-9-14(13)20-16/h3-10H,2H2,1H3. The first-order valence-corrected chi connectivity index (χ1v) is 7.22. The van der Waals surface area contributed by atoms with Crippen LogP contribution >= 0.6 is 11.3 Å². The number of hydrogen-bond donors (Lipinski definition) is 0. The van der Waals surface area contributed by atoms with Crippen LogP contribution in [0.15, 0.2) is 53.3 Å². The molecule has 0 fully saturated rings. The van der Waals surface area contributed by atoms with E-state index in [1.807, 2.05) is 55.5 Å². The lowest BCUT2D eigenvalue weighted by molar-refractivity contribution is 0.340. The van der Waals surface area contributed by atoms with E-state index in [9.17, 15) is 4.79 Å². The SMILES string of the molecule is CCOc1cccc(-c2nc(=O)c3ccccc3s2)c1. The smallest absolute Gasteiger partial charge is 0.279 e. The predicted octanol–water partition coefficient (Wildman–Crippen LogP) is 3.72. The lowest BCUT2D eigenvalue weighted by atomic mass is 10.2. The molecule has 0 spiro atoms. The number of aromatic nitrogens is 1. The van der Waals surface area contributed by atoms with Gasteiger partial charge in [-0.05, 0) is 31.2 Å². The number of fused-ring (bicyclic) bond motifs is 1. The van der Waals surface area contributed by atoms with Gasteiger partial charge in [-0.3, -0.25) is 4.79 Å². The van der Waals surface area contributed by atoms with Crippen molar-refractivity contribution in [1.29, 1.82) is 0 Å². The van der Waals surface area contributed by atoms with Crippen molar-refractivity contribution >= 4 is 21.4 Å². The summed E-state index contributed by atoms with van der Waals surface area (Å²) in [5, 5.41) is 1.39. The third-order valence-electron chi connectivity index (χ3n) is 2.92. The van der Waals surface area contributed by atoms with E-state index in [1.54, 1.807) is 0 Å². The van der Waals surface area contributed by atoms with Gasteiger partial charge in [-0.15, -0.1) is 11.3 Å². The zero-order valence-electron chi connectivity index (χ0n) is 11.0. The number of benzene rings is 2. The van der Waals surface area contributed by atoms with Gasteiger partial charge in [-0.25, -0.2) is 0 Å². The highest BCUT2D eigenvalue weighted by Crippen LogP contribution is 2.28. The second-order valence-electron chi connectivity index (χ2n) is 4.28. The van der Waals surface area contributed by atoms with Crippen LogP contribution in [0.25, 0.3) is 20.7 Å².